The summed E-state index contributed by atoms with van der Waals surface area (Å²) in [5.41, 5.74) is 0. The summed E-state index contributed by atoms with van der Waals surface area (Å²) in [5, 5.41) is 11.7. The van der Waals surface area contributed by atoms with Gasteiger partial charge in [-0.15, -0.1) is 0 Å². The molecular formula is C13H16ClNO4. The van der Waals surface area contributed by atoms with Crippen molar-refractivity contribution in [1.82, 2.24) is 5.32 Å². The molecule has 1 rings (SSSR count). The topological polar surface area (TPSA) is 75.6 Å². The number of benzene rings is 1. The van der Waals surface area contributed by atoms with E-state index in [1.54, 1.807) is 38.1 Å². The van der Waals surface area contributed by atoms with Gasteiger partial charge in [0.15, 0.2) is 6.61 Å². The van der Waals surface area contributed by atoms with E-state index in [2.05, 4.69) is 5.32 Å². The molecule has 6 heteroatoms. The zero-order valence-electron chi connectivity index (χ0n) is 10.7. The molecule has 0 aromatic heterocycles. The maximum Gasteiger partial charge on any atom is 0.326 e. The lowest BCUT2D eigenvalue weighted by molar-refractivity contribution is -0.143. The summed E-state index contributed by atoms with van der Waals surface area (Å²) >= 11 is 5.86. The smallest absolute Gasteiger partial charge is 0.326 e. The van der Waals surface area contributed by atoms with Gasteiger partial charge in [-0.3, -0.25) is 4.79 Å². The van der Waals surface area contributed by atoms with Gasteiger partial charge in [-0.05, 0) is 18.1 Å². The Labute approximate surface area is 116 Å². The number of rotatable bonds is 6. The molecule has 0 unspecified atom stereocenters. The number of carbonyl (C=O) groups is 2. The number of carboxylic acid groups (broad SMARTS) is 1. The van der Waals surface area contributed by atoms with E-state index in [4.69, 9.17) is 21.4 Å². The van der Waals surface area contributed by atoms with Gasteiger partial charge in [-0.25, -0.2) is 4.79 Å². The number of amides is 1. The van der Waals surface area contributed by atoms with Crippen LogP contribution >= 0.6 is 11.6 Å². The molecule has 0 aliphatic heterocycles. The third kappa shape index (κ3) is 4.79. The highest BCUT2D eigenvalue weighted by Gasteiger charge is 2.23. The maximum absolute atomic E-state index is 11.6. The minimum absolute atomic E-state index is 0.207. The van der Waals surface area contributed by atoms with E-state index in [0.717, 1.165) is 0 Å². The number of hydrogen-bond acceptors (Lipinski definition) is 3. The van der Waals surface area contributed by atoms with Crippen LogP contribution in [0.25, 0.3) is 0 Å². The van der Waals surface area contributed by atoms with Crippen molar-refractivity contribution in [3.63, 3.8) is 0 Å². The van der Waals surface area contributed by atoms with Crippen LogP contribution in [0.4, 0.5) is 0 Å². The molecule has 1 atom stereocenters. The third-order valence-electron chi connectivity index (χ3n) is 2.44. The first kappa shape index (κ1) is 15.3. The van der Waals surface area contributed by atoms with Crippen molar-refractivity contribution in [3.05, 3.63) is 29.3 Å². The van der Waals surface area contributed by atoms with E-state index in [0.29, 0.717) is 10.8 Å². The first-order chi connectivity index (χ1) is 8.91. The second kappa shape index (κ2) is 6.99. The van der Waals surface area contributed by atoms with Crippen LogP contribution in [0, 0.1) is 5.92 Å². The van der Waals surface area contributed by atoms with Crippen LogP contribution in [0.15, 0.2) is 24.3 Å². The van der Waals surface area contributed by atoms with Gasteiger partial charge in [-0.2, -0.15) is 0 Å². The van der Waals surface area contributed by atoms with Crippen LogP contribution in [0.3, 0.4) is 0 Å². The molecule has 1 aromatic rings. The van der Waals surface area contributed by atoms with Crippen LogP contribution in [0.5, 0.6) is 5.75 Å². The Bertz CT molecular complexity index is 462. The number of aliphatic carboxylic acids is 1. The fraction of sp³-hybridized carbons (Fsp3) is 0.385. The van der Waals surface area contributed by atoms with Crippen LogP contribution in [0.1, 0.15) is 13.8 Å². The lowest BCUT2D eigenvalue weighted by atomic mass is 10.1. The first-order valence-electron chi connectivity index (χ1n) is 5.81. The second-order valence-electron chi connectivity index (χ2n) is 4.35. The summed E-state index contributed by atoms with van der Waals surface area (Å²) in [7, 11) is 0. The van der Waals surface area contributed by atoms with Crippen LogP contribution in [-0.4, -0.2) is 29.6 Å². The Hall–Kier alpha value is -1.75. The second-order valence-corrected chi connectivity index (χ2v) is 4.75. The van der Waals surface area contributed by atoms with Gasteiger partial charge < -0.3 is 15.2 Å². The summed E-state index contributed by atoms with van der Waals surface area (Å²) in [6.45, 7) is 3.15. The van der Waals surface area contributed by atoms with Gasteiger partial charge in [0.05, 0.1) is 5.02 Å². The van der Waals surface area contributed by atoms with Crippen molar-refractivity contribution in [2.75, 3.05) is 6.61 Å². The van der Waals surface area contributed by atoms with E-state index in [9.17, 15) is 9.59 Å². The zero-order valence-corrected chi connectivity index (χ0v) is 11.5. The number of halogens is 1. The van der Waals surface area contributed by atoms with Crippen LogP contribution in [-0.2, 0) is 9.59 Å². The van der Waals surface area contributed by atoms with Gasteiger partial charge in [0, 0.05) is 0 Å². The van der Waals surface area contributed by atoms with E-state index in [1.807, 2.05) is 0 Å². The molecule has 0 bridgehead atoms. The quantitative estimate of drug-likeness (QED) is 0.837. The summed E-state index contributed by atoms with van der Waals surface area (Å²) in [4.78, 5) is 22.5. The van der Waals surface area contributed by atoms with Crippen LogP contribution in [0.2, 0.25) is 5.02 Å². The highest BCUT2D eigenvalue weighted by atomic mass is 35.5. The Morgan fingerprint density at radius 2 is 2.00 bits per heavy atom. The monoisotopic (exact) mass is 285 g/mol. The molecule has 0 fully saturated rings. The molecular weight excluding hydrogens is 270 g/mol. The van der Waals surface area contributed by atoms with Crippen molar-refractivity contribution in [2.45, 2.75) is 19.9 Å². The Morgan fingerprint density at radius 3 is 2.53 bits per heavy atom. The number of carboxylic acids is 1. The summed E-state index contributed by atoms with van der Waals surface area (Å²) in [6.07, 6.45) is 0. The molecule has 1 aromatic carbocycles. The minimum atomic E-state index is -1.07. The van der Waals surface area contributed by atoms with Crippen molar-refractivity contribution in [3.8, 4) is 5.75 Å². The Kier molecular flexibility index (Phi) is 5.63. The number of hydrogen-bond donors (Lipinski definition) is 2. The molecule has 5 nitrogen and oxygen atoms in total. The standard InChI is InChI=1S/C13H16ClNO4/c1-8(2)12(13(17)18)15-11(16)7-19-10-6-4-3-5-9(10)14/h3-6,8,12H,7H2,1-2H3,(H,15,16)(H,17,18)/t12-/m0/s1. The van der Waals surface area contributed by atoms with Crippen molar-refractivity contribution in [2.24, 2.45) is 5.92 Å². The molecule has 2 N–H and O–H groups in total. The number of nitrogens with one attached hydrogen (secondary N) is 1. The normalized spacial score (nSPS) is 12.0. The Morgan fingerprint density at radius 1 is 1.37 bits per heavy atom. The van der Waals surface area contributed by atoms with E-state index in [-0.39, 0.29) is 12.5 Å². The van der Waals surface area contributed by atoms with Crippen LogP contribution < -0.4 is 10.1 Å². The fourth-order valence-corrected chi connectivity index (χ4v) is 1.62. The van der Waals surface area contributed by atoms with Crippen molar-refractivity contribution < 1.29 is 19.4 Å². The van der Waals surface area contributed by atoms with E-state index >= 15 is 0 Å². The fourth-order valence-electron chi connectivity index (χ4n) is 1.43. The summed E-state index contributed by atoms with van der Waals surface area (Å²) < 4.78 is 5.22. The highest BCUT2D eigenvalue weighted by molar-refractivity contribution is 6.32. The third-order valence-corrected chi connectivity index (χ3v) is 2.76. The molecule has 1 amide bonds. The lowest BCUT2D eigenvalue weighted by Gasteiger charge is -2.18. The average Bonchev–Trinajstić information content (AvgIpc) is 2.34. The Balaban J connectivity index is 2.52. The predicted octanol–water partition coefficient (Wildman–Crippen LogP) is 1.94. The van der Waals surface area contributed by atoms with Gasteiger partial charge in [0.2, 0.25) is 0 Å². The zero-order chi connectivity index (χ0) is 14.4. The lowest BCUT2D eigenvalue weighted by Crippen LogP contribution is -2.46. The average molecular weight is 286 g/mol. The molecule has 0 radical (unpaired) electrons. The van der Waals surface area contributed by atoms with E-state index < -0.39 is 17.9 Å². The highest BCUT2D eigenvalue weighted by Crippen LogP contribution is 2.22. The van der Waals surface area contributed by atoms with Gasteiger partial charge >= 0.3 is 5.97 Å². The molecule has 0 saturated heterocycles. The molecule has 0 spiro atoms. The molecule has 0 aliphatic carbocycles. The van der Waals surface area contributed by atoms with Crippen molar-refractivity contribution in [1.29, 1.82) is 0 Å². The summed E-state index contributed by atoms with van der Waals surface area (Å²) in [6, 6.07) is 5.82. The molecule has 0 heterocycles. The van der Waals surface area contributed by atoms with Gasteiger partial charge in [-0.1, -0.05) is 37.6 Å². The number of carbonyl (C=O) groups excluding carboxylic acids is 1. The number of ether oxygens (including phenoxy) is 1. The van der Waals surface area contributed by atoms with Gasteiger partial charge in [0.25, 0.3) is 5.91 Å². The largest absolute Gasteiger partial charge is 0.482 e. The summed E-state index contributed by atoms with van der Waals surface area (Å²) in [5.74, 6) is -1.39. The first-order valence-corrected chi connectivity index (χ1v) is 6.19. The molecule has 104 valence electrons. The predicted molar refractivity (Wildman–Crippen MR) is 71.4 cm³/mol. The SMILES string of the molecule is CC(C)[C@H](NC(=O)COc1ccccc1Cl)C(=O)O. The van der Waals surface area contributed by atoms with Gasteiger partial charge in [0.1, 0.15) is 11.8 Å². The molecule has 0 saturated carbocycles. The molecule has 19 heavy (non-hydrogen) atoms. The minimum Gasteiger partial charge on any atom is -0.482 e. The maximum atomic E-state index is 11.6. The van der Waals surface area contributed by atoms with E-state index in [1.165, 1.54) is 0 Å². The molecule has 0 aliphatic rings. The van der Waals surface area contributed by atoms with Crippen molar-refractivity contribution >= 4 is 23.5 Å². The number of para-hydroxylation sites is 1.